The topological polar surface area (TPSA) is 73.2 Å². The van der Waals surface area contributed by atoms with Crippen LogP contribution in [0, 0.1) is 6.92 Å². The van der Waals surface area contributed by atoms with Crippen LogP contribution in [-0.2, 0) is 4.79 Å². The minimum atomic E-state index is -0.233. The van der Waals surface area contributed by atoms with Gasteiger partial charge in [0.05, 0.1) is 28.0 Å². The summed E-state index contributed by atoms with van der Waals surface area (Å²) in [5.74, 6) is 1.05. The highest BCUT2D eigenvalue weighted by Crippen LogP contribution is 2.30. The van der Waals surface area contributed by atoms with E-state index in [-0.39, 0.29) is 17.2 Å². The molecule has 178 valence electrons. The average molecular weight is 494 g/mol. The molecule has 1 heterocycles. The van der Waals surface area contributed by atoms with E-state index in [1.807, 2.05) is 85.8 Å². The molecule has 0 radical (unpaired) electrons. The third-order valence-corrected chi connectivity index (χ3v) is 6.50. The molecule has 1 aromatic heterocycles. The number of rotatable bonds is 7. The first-order valence-electron chi connectivity index (χ1n) is 11.4. The lowest BCUT2D eigenvalue weighted by Crippen LogP contribution is -2.23. The molecule has 0 saturated heterocycles. The predicted molar refractivity (Wildman–Crippen MR) is 144 cm³/mol. The SMILES string of the molecule is Cc1ccccc1-n1c(SCC(=O)Nc2ccccc2Oc2ccccc2)nc2ccccc2c1=O. The molecule has 1 amide bonds. The van der Waals surface area contributed by atoms with E-state index in [1.54, 1.807) is 28.8 Å². The van der Waals surface area contributed by atoms with Gasteiger partial charge in [0.2, 0.25) is 5.91 Å². The molecule has 6 nitrogen and oxygen atoms in total. The minimum absolute atomic E-state index is 0.0658. The van der Waals surface area contributed by atoms with Gasteiger partial charge in [-0.05, 0) is 55.0 Å². The summed E-state index contributed by atoms with van der Waals surface area (Å²) in [5, 5.41) is 3.91. The van der Waals surface area contributed by atoms with Gasteiger partial charge in [0.15, 0.2) is 10.9 Å². The van der Waals surface area contributed by atoms with Crippen molar-refractivity contribution in [2.75, 3.05) is 11.1 Å². The molecule has 0 aliphatic heterocycles. The van der Waals surface area contributed by atoms with Crippen molar-refractivity contribution in [1.29, 1.82) is 0 Å². The first-order valence-corrected chi connectivity index (χ1v) is 12.4. The van der Waals surface area contributed by atoms with Crippen LogP contribution in [0.25, 0.3) is 16.6 Å². The largest absolute Gasteiger partial charge is 0.455 e. The van der Waals surface area contributed by atoms with Crippen LogP contribution in [-0.4, -0.2) is 21.2 Å². The number of aromatic nitrogens is 2. The highest BCUT2D eigenvalue weighted by molar-refractivity contribution is 7.99. The van der Waals surface area contributed by atoms with Crippen LogP contribution < -0.4 is 15.6 Å². The number of fused-ring (bicyclic) bond motifs is 1. The van der Waals surface area contributed by atoms with Crippen LogP contribution in [0.15, 0.2) is 113 Å². The summed E-state index contributed by atoms with van der Waals surface area (Å²) >= 11 is 1.22. The molecule has 0 aliphatic rings. The Morgan fingerprint density at radius 1 is 0.889 bits per heavy atom. The van der Waals surface area contributed by atoms with Crippen LogP contribution in [0.5, 0.6) is 11.5 Å². The normalized spacial score (nSPS) is 10.8. The molecule has 0 aliphatic carbocycles. The summed E-state index contributed by atoms with van der Waals surface area (Å²) in [6.07, 6.45) is 0. The molecule has 36 heavy (non-hydrogen) atoms. The number of nitrogens with zero attached hydrogens (tertiary/aromatic N) is 2. The highest BCUT2D eigenvalue weighted by Gasteiger charge is 2.16. The number of nitrogens with one attached hydrogen (secondary N) is 1. The average Bonchev–Trinajstić information content (AvgIpc) is 2.90. The fourth-order valence-corrected chi connectivity index (χ4v) is 4.63. The van der Waals surface area contributed by atoms with Crippen LogP contribution >= 0.6 is 11.8 Å². The Morgan fingerprint density at radius 3 is 2.42 bits per heavy atom. The summed E-state index contributed by atoms with van der Waals surface area (Å²) in [7, 11) is 0. The van der Waals surface area contributed by atoms with Gasteiger partial charge in [-0.15, -0.1) is 0 Å². The van der Waals surface area contributed by atoms with E-state index in [0.717, 1.165) is 11.3 Å². The van der Waals surface area contributed by atoms with E-state index < -0.39 is 0 Å². The highest BCUT2D eigenvalue weighted by atomic mass is 32.2. The van der Waals surface area contributed by atoms with E-state index in [4.69, 9.17) is 9.72 Å². The summed E-state index contributed by atoms with van der Waals surface area (Å²) < 4.78 is 7.53. The zero-order chi connectivity index (χ0) is 24.9. The Labute approximate surface area is 212 Å². The summed E-state index contributed by atoms with van der Waals surface area (Å²) in [5.41, 5.74) is 2.67. The fourth-order valence-electron chi connectivity index (χ4n) is 3.83. The van der Waals surface area contributed by atoms with Gasteiger partial charge >= 0.3 is 0 Å². The lowest BCUT2D eigenvalue weighted by molar-refractivity contribution is -0.113. The Morgan fingerprint density at radius 2 is 1.58 bits per heavy atom. The maximum absolute atomic E-state index is 13.4. The number of hydrogen-bond donors (Lipinski definition) is 1. The molecule has 5 rings (SSSR count). The second-order valence-corrected chi connectivity index (χ2v) is 9.03. The predicted octanol–water partition coefficient (Wildman–Crippen LogP) is 6.22. The fraction of sp³-hybridized carbons (Fsp3) is 0.0690. The van der Waals surface area contributed by atoms with Gasteiger partial charge in [0, 0.05) is 0 Å². The van der Waals surface area contributed by atoms with Gasteiger partial charge in [0.25, 0.3) is 5.56 Å². The van der Waals surface area contributed by atoms with E-state index >= 15 is 0 Å². The van der Waals surface area contributed by atoms with Gasteiger partial charge in [0.1, 0.15) is 5.75 Å². The quantitative estimate of drug-likeness (QED) is 0.215. The van der Waals surface area contributed by atoms with Crippen molar-refractivity contribution in [1.82, 2.24) is 9.55 Å². The van der Waals surface area contributed by atoms with Gasteiger partial charge in [-0.3, -0.25) is 14.2 Å². The van der Waals surface area contributed by atoms with Crippen LogP contribution in [0.3, 0.4) is 0 Å². The lowest BCUT2D eigenvalue weighted by atomic mass is 10.2. The van der Waals surface area contributed by atoms with Crippen molar-refractivity contribution in [3.63, 3.8) is 0 Å². The molecular formula is C29H23N3O3S. The number of benzene rings is 4. The maximum atomic E-state index is 13.4. The number of hydrogen-bond acceptors (Lipinski definition) is 5. The van der Waals surface area contributed by atoms with Gasteiger partial charge in [-0.2, -0.15) is 0 Å². The van der Waals surface area contributed by atoms with Gasteiger partial charge in [-0.25, -0.2) is 4.98 Å². The van der Waals surface area contributed by atoms with Crippen LogP contribution in [0.2, 0.25) is 0 Å². The number of aryl methyl sites for hydroxylation is 1. The van der Waals surface area contributed by atoms with Gasteiger partial charge < -0.3 is 10.1 Å². The molecule has 5 aromatic rings. The van der Waals surface area contributed by atoms with E-state index in [0.29, 0.717) is 33.2 Å². The van der Waals surface area contributed by atoms with E-state index in [1.165, 1.54) is 11.8 Å². The Balaban J connectivity index is 1.41. The molecule has 0 spiro atoms. The molecule has 0 atom stereocenters. The number of carbonyl (C=O) groups excluding carboxylic acids is 1. The Kier molecular flexibility index (Phi) is 6.82. The number of amides is 1. The first kappa shape index (κ1) is 23.4. The number of para-hydroxylation sites is 5. The second kappa shape index (κ2) is 10.5. The monoisotopic (exact) mass is 493 g/mol. The minimum Gasteiger partial charge on any atom is -0.455 e. The maximum Gasteiger partial charge on any atom is 0.266 e. The Bertz CT molecular complexity index is 1600. The van der Waals surface area contributed by atoms with Crippen molar-refractivity contribution >= 4 is 34.3 Å². The molecule has 0 unspecified atom stereocenters. The molecule has 0 fully saturated rings. The van der Waals surface area contributed by atoms with Gasteiger partial charge in [-0.1, -0.05) is 72.4 Å². The number of carbonyl (C=O) groups is 1. The first-order chi connectivity index (χ1) is 17.6. The van der Waals surface area contributed by atoms with Crippen molar-refractivity contribution in [2.45, 2.75) is 12.1 Å². The molecule has 7 heteroatoms. The van der Waals surface area contributed by atoms with Crippen LogP contribution in [0.4, 0.5) is 5.69 Å². The second-order valence-electron chi connectivity index (χ2n) is 8.09. The summed E-state index contributed by atoms with van der Waals surface area (Å²) in [6, 6.07) is 31.5. The summed E-state index contributed by atoms with van der Waals surface area (Å²) in [4.78, 5) is 31.1. The van der Waals surface area contributed by atoms with Crippen molar-refractivity contribution in [2.24, 2.45) is 0 Å². The standard InChI is InChI=1S/C29H23N3O3S/c1-20-11-5-9-17-25(20)32-28(34)22-14-6-7-15-23(22)31-29(32)36-19-27(33)30-24-16-8-10-18-26(24)35-21-12-3-2-4-13-21/h2-18H,19H2,1H3,(H,30,33). The van der Waals surface area contributed by atoms with E-state index in [9.17, 15) is 9.59 Å². The zero-order valence-electron chi connectivity index (χ0n) is 19.5. The third kappa shape index (κ3) is 5.01. The molecule has 0 saturated carbocycles. The van der Waals surface area contributed by atoms with Crippen molar-refractivity contribution in [3.8, 4) is 17.2 Å². The lowest BCUT2D eigenvalue weighted by Gasteiger charge is -2.15. The van der Waals surface area contributed by atoms with Crippen molar-refractivity contribution < 1.29 is 9.53 Å². The van der Waals surface area contributed by atoms with E-state index in [2.05, 4.69) is 5.32 Å². The third-order valence-electron chi connectivity index (χ3n) is 5.57. The van der Waals surface area contributed by atoms with Crippen LogP contribution in [0.1, 0.15) is 5.56 Å². The number of ether oxygens (including phenoxy) is 1. The molecular weight excluding hydrogens is 470 g/mol. The molecule has 0 bridgehead atoms. The van der Waals surface area contributed by atoms with Crippen molar-refractivity contribution in [3.05, 3.63) is 119 Å². The number of anilines is 1. The number of thioether (sulfide) groups is 1. The zero-order valence-corrected chi connectivity index (χ0v) is 20.4. The summed E-state index contributed by atoms with van der Waals surface area (Å²) in [6.45, 7) is 1.95. The molecule has 4 aromatic carbocycles. The smallest absolute Gasteiger partial charge is 0.266 e. The Hall–Kier alpha value is -4.36. The molecule has 1 N–H and O–H groups in total.